The van der Waals surface area contributed by atoms with Crippen LogP contribution in [0.3, 0.4) is 0 Å². The molecule has 0 saturated heterocycles. The molecular weight excluding hydrogens is 242 g/mol. The van der Waals surface area contributed by atoms with E-state index in [1.54, 1.807) is 13.1 Å². The Labute approximate surface area is 111 Å². The van der Waals surface area contributed by atoms with Crippen LogP contribution < -0.4 is 10.6 Å². The number of amides is 2. The summed E-state index contributed by atoms with van der Waals surface area (Å²) in [4.78, 5) is 16.1. The summed E-state index contributed by atoms with van der Waals surface area (Å²) in [5, 5.41) is 15.2. The average molecular weight is 259 g/mol. The van der Waals surface area contributed by atoms with Crippen LogP contribution in [-0.4, -0.2) is 28.8 Å². The lowest BCUT2D eigenvalue weighted by Crippen LogP contribution is -2.38. The molecule has 2 rings (SSSR count). The summed E-state index contributed by atoms with van der Waals surface area (Å²) >= 11 is 0. The maximum absolute atomic E-state index is 11.8. The highest BCUT2D eigenvalue weighted by atomic mass is 16.3. The summed E-state index contributed by atoms with van der Waals surface area (Å²) < 4.78 is 0. The van der Waals surface area contributed by atoms with Crippen molar-refractivity contribution in [3.05, 3.63) is 36.0 Å². The molecule has 0 spiro atoms. The van der Waals surface area contributed by atoms with Crippen molar-refractivity contribution in [3.8, 4) is 0 Å². The fourth-order valence-electron chi connectivity index (χ4n) is 1.85. The molecule has 1 unspecified atom stereocenters. The Morgan fingerprint density at radius 3 is 2.95 bits per heavy atom. The first-order valence-electron chi connectivity index (χ1n) is 6.14. The predicted molar refractivity (Wildman–Crippen MR) is 75.2 cm³/mol. The Morgan fingerprint density at radius 1 is 1.42 bits per heavy atom. The average Bonchev–Trinajstić information content (AvgIpc) is 2.42. The molecule has 3 N–H and O–H groups in total. The summed E-state index contributed by atoms with van der Waals surface area (Å²) in [5.74, 6) is 0. The second-order valence-corrected chi connectivity index (χ2v) is 4.51. The van der Waals surface area contributed by atoms with Crippen LogP contribution in [-0.2, 0) is 0 Å². The molecule has 0 aliphatic carbocycles. The number of aryl methyl sites for hydroxylation is 1. The minimum Gasteiger partial charge on any atom is -0.394 e. The molecule has 2 aromatic rings. The number of hydrogen-bond donors (Lipinski definition) is 3. The van der Waals surface area contributed by atoms with Crippen molar-refractivity contribution >= 4 is 22.6 Å². The Morgan fingerprint density at radius 2 is 2.21 bits per heavy atom. The first kappa shape index (κ1) is 13.3. The maximum atomic E-state index is 11.8. The summed E-state index contributed by atoms with van der Waals surface area (Å²) in [5.41, 5.74) is 2.64. The van der Waals surface area contributed by atoms with Crippen molar-refractivity contribution in [2.45, 2.75) is 19.9 Å². The zero-order chi connectivity index (χ0) is 13.8. The largest absolute Gasteiger partial charge is 0.394 e. The molecule has 5 nitrogen and oxygen atoms in total. The zero-order valence-electron chi connectivity index (χ0n) is 11.0. The van der Waals surface area contributed by atoms with Crippen LogP contribution >= 0.6 is 0 Å². The lowest BCUT2D eigenvalue weighted by Gasteiger charge is -2.13. The minimum absolute atomic E-state index is 0.0936. The number of pyridine rings is 1. The van der Waals surface area contributed by atoms with Gasteiger partial charge in [0, 0.05) is 11.6 Å². The fraction of sp³-hybridized carbons (Fsp3) is 0.286. The molecule has 2 amide bonds. The topological polar surface area (TPSA) is 74.2 Å². The number of aliphatic hydroxyl groups is 1. The van der Waals surface area contributed by atoms with Crippen molar-refractivity contribution < 1.29 is 9.90 Å². The second kappa shape index (κ2) is 5.67. The van der Waals surface area contributed by atoms with Gasteiger partial charge in [-0.05, 0) is 37.6 Å². The van der Waals surface area contributed by atoms with Crippen LogP contribution in [0.15, 0.2) is 30.5 Å². The van der Waals surface area contributed by atoms with Crippen LogP contribution in [0, 0.1) is 6.92 Å². The van der Waals surface area contributed by atoms with Gasteiger partial charge in [0.25, 0.3) is 0 Å². The SMILES string of the molecule is Cc1ccc(NC(=O)NC(C)CO)c2cccnc12. The number of nitrogens with one attached hydrogen (secondary N) is 2. The van der Waals surface area contributed by atoms with Crippen molar-refractivity contribution in [1.82, 2.24) is 10.3 Å². The summed E-state index contributed by atoms with van der Waals surface area (Å²) in [6.07, 6.45) is 1.73. The van der Waals surface area contributed by atoms with Crippen molar-refractivity contribution in [2.24, 2.45) is 0 Å². The van der Waals surface area contributed by atoms with Gasteiger partial charge in [0.2, 0.25) is 0 Å². The highest BCUT2D eigenvalue weighted by molar-refractivity contribution is 6.01. The number of urea groups is 1. The van der Waals surface area contributed by atoms with Gasteiger partial charge < -0.3 is 15.7 Å². The molecule has 5 heteroatoms. The molecular formula is C14H17N3O2. The number of rotatable bonds is 3. The number of carbonyl (C=O) groups excluding carboxylic acids is 1. The van der Waals surface area contributed by atoms with Gasteiger partial charge in [0.15, 0.2) is 0 Å². The molecule has 0 bridgehead atoms. The van der Waals surface area contributed by atoms with E-state index in [0.29, 0.717) is 5.69 Å². The van der Waals surface area contributed by atoms with Crippen molar-refractivity contribution in [3.63, 3.8) is 0 Å². The van der Waals surface area contributed by atoms with E-state index in [0.717, 1.165) is 16.5 Å². The first-order valence-corrected chi connectivity index (χ1v) is 6.14. The van der Waals surface area contributed by atoms with Gasteiger partial charge >= 0.3 is 6.03 Å². The Bertz CT molecular complexity index is 598. The monoisotopic (exact) mass is 259 g/mol. The van der Waals surface area contributed by atoms with Gasteiger partial charge in [0.1, 0.15) is 0 Å². The van der Waals surface area contributed by atoms with Gasteiger partial charge in [-0.2, -0.15) is 0 Å². The molecule has 1 heterocycles. The molecule has 0 fully saturated rings. The predicted octanol–water partition coefficient (Wildman–Crippen LogP) is 2.05. The van der Waals surface area contributed by atoms with E-state index in [9.17, 15) is 4.79 Å². The number of hydrogen-bond acceptors (Lipinski definition) is 3. The van der Waals surface area contributed by atoms with E-state index >= 15 is 0 Å². The summed E-state index contributed by atoms with van der Waals surface area (Å²) in [7, 11) is 0. The van der Waals surface area contributed by atoms with Gasteiger partial charge in [-0.1, -0.05) is 6.07 Å². The van der Waals surface area contributed by atoms with Crippen molar-refractivity contribution in [2.75, 3.05) is 11.9 Å². The number of benzene rings is 1. The van der Waals surface area contributed by atoms with Crippen molar-refractivity contribution in [1.29, 1.82) is 0 Å². The molecule has 1 aromatic heterocycles. The van der Waals surface area contributed by atoms with Crippen LogP contribution in [0.1, 0.15) is 12.5 Å². The lowest BCUT2D eigenvalue weighted by atomic mass is 10.1. The highest BCUT2D eigenvalue weighted by Crippen LogP contribution is 2.24. The molecule has 0 radical (unpaired) electrons. The quantitative estimate of drug-likeness (QED) is 0.789. The number of carbonyl (C=O) groups is 1. The standard InChI is InChI=1S/C14H17N3O2/c1-9-5-6-12(11-4-3-7-15-13(9)11)17-14(19)16-10(2)8-18/h3-7,10,18H,8H2,1-2H3,(H2,16,17,19). The third-order valence-electron chi connectivity index (χ3n) is 2.87. The number of anilines is 1. The number of nitrogens with zero attached hydrogens (tertiary/aromatic N) is 1. The third-order valence-corrected chi connectivity index (χ3v) is 2.87. The molecule has 100 valence electrons. The maximum Gasteiger partial charge on any atom is 0.319 e. The molecule has 0 saturated carbocycles. The number of aliphatic hydroxyl groups excluding tert-OH is 1. The van der Waals surface area contributed by atoms with Gasteiger partial charge in [-0.3, -0.25) is 4.98 Å². The van der Waals surface area contributed by atoms with E-state index < -0.39 is 0 Å². The summed E-state index contributed by atoms with van der Waals surface area (Å²) in [6, 6.07) is 6.90. The normalized spacial score (nSPS) is 12.2. The zero-order valence-corrected chi connectivity index (χ0v) is 11.0. The molecule has 0 aliphatic rings. The highest BCUT2D eigenvalue weighted by Gasteiger charge is 2.09. The van der Waals surface area contributed by atoms with Gasteiger partial charge in [-0.15, -0.1) is 0 Å². The third kappa shape index (κ3) is 3.00. The van der Waals surface area contributed by atoms with E-state index in [1.165, 1.54) is 0 Å². The van der Waals surface area contributed by atoms with E-state index in [1.807, 2.05) is 31.2 Å². The first-order chi connectivity index (χ1) is 9.11. The lowest BCUT2D eigenvalue weighted by molar-refractivity contribution is 0.229. The molecule has 0 aliphatic heterocycles. The number of fused-ring (bicyclic) bond motifs is 1. The smallest absolute Gasteiger partial charge is 0.319 e. The Kier molecular flexibility index (Phi) is 3.97. The van der Waals surface area contributed by atoms with Crippen LogP contribution in [0.25, 0.3) is 10.9 Å². The van der Waals surface area contributed by atoms with Gasteiger partial charge in [0.05, 0.1) is 23.9 Å². The summed E-state index contributed by atoms with van der Waals surface area (Å²) in [6.45, 7) is 3.62. The molecule has 1 aromatic carbocycles. The van der Waals surface area contributed by atoms with Crippen LogP contribution in [0.5, 0.6) is 0 Å². The second-order valence-electron chi connectivity index (χ2n) is 4.51. The molecule has 19 heavy (non-hydrogen) atoms. The van der Waals surface area contributed by atoms with E-state index in [2.05, 4.69) is 15.6 Å². The Balaban J connectivity index is 2.26. The van der Waals surface area contributed by atoms with Gasteiger partial charge in [-0.25, -0.2) is 4.79 Å². The van der Waals surface area contributed by atoms with E-state index in [4.69, 9.17) is 5.11 Å². The molecule has 1 atom stereocenters. The van der Waals surface area contributed by atoms with E-state index in [-0.39, 0.29) is 18.7 Å². The Hall–Kier alpha value is -2.14. The fourth-order valence-corrected chi connectivity index (χ4v) is 1.85. The van der Waals surface area contributed by atoms with Crippen LogP contribution in [0.4, 0.5) is 10.5 Å². The minimum atomic E-state index is -0.337. The number of aromatic nitrogens is 1. The van der Waals surface area contributed by atoms with Crippen LogP contribution in [0.2, 0.25) is 0 Å².